The first kappa shape index (κ1) is 15.6. The number of ether oxygens (including phenoxy) is 2. The second kappa shape index (κ2) is 6.15. The summed E-state index contributed by atoms with van der Waals surface area (Å²) in [7, 11) is 3.07. The summed E-state index contributed by atoms with van der Waals surface area (Å²) in [5, 5.41) is 2.69. The Morgan fingerprint density at radius 2 is 1.95 bits per heavy atom. The van der Waals surface area contributed by atoms with E-state index >= 15 is 0 Å². The lowest BCUT2D eigenvalue weighted by Crippen LogP contribution is -2.49. The third-order valence-corrected chi connectivity index (χ3v) is 3.63. The van der Waals surface area contributed by atoms with E-state index in [1.165, 1.54) is 7.11 Å². The summed E-state index contributed by atoms with van der Waals surface area (Å²) >= 11 is 6.06. The van der Waals surface area contributed by atoms with Gasteiger partial charge in [0.05, 0.1) is 30.7 Å². The van der Waals surface area contributed by atoms with Gasteiger partial charge >= 0.3 is 0 Å². The van der Waals surface area contributed by atoms with Gasteiger partial charge in [-0.3, -0.25) is 4.79 Å². The SMILES string of the molecule is COc1ccc(OC)c(C(=O)NC(C)(C)C(C)Cl)c1. The van der Waals surface area contributed by atoms with Gasteiger partial charge in [-0.1, -0.05) is 0 Å². The number of carbonyl (C=O) groups excluding carboxylic acids is 1. The molecular weight excluding hydrogens is 266 g/mol. The number of methoxy groups -OCH3 is 2. The second-order valence-corrected chi connectivity index (χ2v) is 5.51. The van der Waals surface area contributed by atoms with Gasteiger partial charge in [-0.15, -0.1) is 11.6 Å². The van der Waals surface area contributed by atoms with Crippen LogP contribution in [0.4, 0.5) is 0 Å². The molecule has 5 heteroatoms. The summed E-state index contributed by atoms with van der Waals surface area (Å²) in [6.45, 7) is 5.58. The number of benzene rings is 1. The summed E-state index contributed by atoms with van der Waals surface area (Å²) < 4.78 is 10.3. The van der Waals surface area contributed by atoms with Crippen molar-refractivity contribution in [3.8, 4) is 11.5 Å². The van der Waals surface area contributed by atoms with Gasteiger partial charge in [-0.05, 0) is 39.0 Å². The van der Waals surface area contributed by atoms with Crippen LogP contribution < -0.4 is 14.8 Å². The minimum Gasteiger partial charge on any atom is -0.497 e. The predicted molar refractivity (Wildman–Crippen MR) is 76.4 cm³/mol. The van der Waals surface area contributed by atoms with Crippen LogP contribution >= 0.6 is 11.6 Å². The van der Waals surface area contributed by atoms with Gasteiger partial charge in [0.2, 0.25) is 0 Å². The number of halogens is 1. The molecule has 1 aromatic carbocycles. The standard InChI is InChI=1S/C14H20ClNO3/c1-9(15)14(2,3)16-13(17)11-8-10(18-4)6-7-12(11)19-5/h6-9H,1-5H3,(H,16,17). The number of amides is 1. The summed E-state index contributed by atoms with van der Waals surface area (Å²) in [6.07, 6.45) is 0. The van der Waals surface area contributed by atoms with Crippen LogP contribution in [0.1, 0.15) is 31.1 Å². The van der Waals surface area contributed by atoms with Gasteiger partial charge in [-0.25, -0.2) is 0 Å². The van der Waals surface area contributed by atoms with Crippen molar-refractivity contribution < 1.29 is 14.3 Å². The van der Waals surface area contributed by atoms with Gasteiger partial charge in [0, 0.05) is 0 Å². The van der Waals surface area contributed by atoms with Crippen molar-refractivity contribution in [2.45, 2.75) is 31.7 Å². The van der Waals surface area contributed by atoms with Crippen molar-refractivity contribution >= 4 is 17.5 Å². The van der Waals surface area contributed by atoms with Crippen molar-refractivity contribution in [3.63, 3.8) is 0 Å². The van der Waals surface area contributed by atoms with Crippen LogP contribution in [-0.4, -0.2) is 31.0 Å². The summed E-state index contributed by atoms with van der Waals surface area (Å²) in [5.41, 5.74) is -0.0977. The van der Waals surface area contributed by atoms with Gasteiger partial charge in [0.15, 0.2) is 0 Å². The molecule has 1 N–H and O–H groups in total. The fourth-order valence-electron chi connectivity index (χ4n) is 1.45. The van der Waals surface area contributed by atoms with Crippen molar-refractivity contribution in [1.29, 1.82) is 0 Å². The van der Waals surface area contributed by atoms with Crippen LogP contribution in [0.3, 0.4) is 0 Å². The van der Waals surface area contributed by atoms with E-state index in [1.807, 2.05) is 20.8 Å². The molecule has 106 valence electrons. The zero-order valence-electron chi connectivity index (χ0n) is 11.9. The molecule has 1 aromatic rings. The zero-order valence-corrected chi connectivity index (χ0v) is 12.7. The molecule has 0 saturated heterocycles. The molecule has 0 saturated carbocycles. The fraction of sp³-hybridized carbons (Fsp3) is 0.500. The lowest BCUT2D eigenvalue weighted by atomic mass is 10.0. The number of alkyl halides is 1. The van der Waals surface area contributed by atoms with Crippen LogP contribution in [0, 0.1) is 0 Å². The average Bonchev–Trinajstić information content (AvgIpc) is 2.37. The number of rotatable bonds is 5. The largest absolute Gasteiger partial charge is 0.497 e. The Labute approximate surface area is 119 Å². The van der Waals surface area contributed by atoms with E-state index < -0.39 is 5.54 Å². The molecule has 0 fully saturated rings. The molecule has 4 nitrogen and oxygen atoms in total. The van der Waals surface area contributed by atoms with Crippen molar-refractivity contribution in [1.82, 2.24) is 5.32 Å². The first-order valence-corrected chi connectivity index (χ1v) is 6.44. The number of hydrogen-bond donors (Lipinski definition) is 1. The number of nitrogens with one attached hydrogen (secondary N) is 1. The van der Waals surface area contributed by atoms with E-state index in [4.69, 9.17) is 21.1 Å². The quantitative estimate of drug-likeness (QED) is 0.846. The first-order valence-electron chi connectivity index (χ1n) is 6.00. The highest BCUT2D eigenvalue weighted by atomic mass is 35.5. The van der Waals surface area contributed by atoms with Crippen LogP contribution in [0.2, 0.25) is 0 Å². The van der Waals surface area contributed by atoms with Gasteiger partial charge in [-0.2, -0.15) is 0 Å². The molecule has 19 heavy (non-hydrogen) atoms. The molecule has 0 aliphatic heterocycles. The highest BCUT2D eigenvalue weighted by molar-refractivity contribution is 6.21. The molecule has 0 bridgehead atoms. The Kier molecular flexibility index (Phi) is 5.06. The third-order valence-electron chi connectivity index (χ3n) is 3.08. The molecule has 1 amide bonds. The van der Waals surface area contributed by atoms with Crippen LogP contribution in [-0.2, 0) is 0 Å². The molecule has 1 atom stereocenters. The molecule has 0 spiro atoms. The van der Waals surface area contributed by atoms with Crippen LogP contribution in [0.15, 0.2) is 18.2 Å². The minimum absolute atomic E-state index is 0.201. The molecule has 0 aromatic heterocycles. The molecule has 1 rings (SSSR count). The fourth-order valence-corrected chi connectivity index (χ4v) is 1.51. The zero-order chi connectivity index (χ0) is 14.6. The minimum atomic E-state index is -0.521. The van der Waals surface area contributed by atoms with Crippen LogP contribution in [0.5, 0.6) is 11.5 Å². The Balaban J connectivity index is 3.04. The molecular formula is C14H20ClNO3. The Morgan fingerprint density at radius 1 is 1.32 bits per heavy atom. The summed E-state index contributed by atoms with van der Waals surface area (Å²) in [6, 6.07) is 5.08. The average molecular weight is 286 g/mol. The van der Waals surface area contributed by atoms with E-state index in [9.17, 15) is 4.79 Å². The highest BCUT2D eigenvalue weighted by Gasteiger charge is 2.27. The molecule has 0 heterocycles. The smallest absolute Gasteiger partial charge is 0.255 e. The van der Waals surface area contributed by atoms with Crippen LogP contribution in [0.25, 0.3) is 0 Å². The molecule has 0 radical (unpaired) electrons. The monoisotopic (exact) mass is 285 g/mol. The summed E-state index contributed by atoms with van der Waals surface area (Å²) in [4.78, 5) is 12.3. The maximum absolute atomic E-state index is 12.3. The van der Waals surface area contributed by atoms with E-state index in [2.05, 4.69) is 5.32 Å². The second-order valence-electron chi connectivity index (χ2n) is 4.86. The Hall–Kier alpha value is -1.42. The number of carbonyl (C=O) groups is 1. The maximum atomic E-state index is 12.3. The van der Waals surface area contributed by atoms with Crippen molar-refractivity contribution in [2.75, 3.05) is 14.2 Å². The lowest BCUT2D eigenvalue weighted by Gasteiger charge is -2.29. The van der Waals surface area contributed by atoms with Gasteiger partial charge < -0.3 is 14.8 Å². The maximum Gasteiger partial charge on any atom is 0.255 e. The first-order chi connectivity index (χ1) is 8.81. The molecule has 1 unspecified atom stereocenters. The normalized spacial score (nSPS) is 12.7. The predicted octanol–water partition coefficient (Wildman–Crippen LogP) is 2.84. The van der Waals surface area contributed by atoms with Gasteiger partial charge in [0.25, 0.3) is 5.91 Å². The van der Waals surface area contributed by atoms with E-state index in [-0.39, 0.29) is 11.3 Å². The Morgan fingerprint density at radius 3 is 2.42 bits per heavy atom. The van der Waals surface area contributed by atoms with Crippen molar-refractivity contribution in [2.24, 2.45) is 0 Å². The third kappa shape index (κ3) is 3.77. The van der Waals surface area contributed by atoms with E-state index in [1.54, 1.807) is 25.3 Å². The Bertz CT molecular complexity index is 458. The van der Waals surface area contributed by atoms with E-state index in [0.717, 1.165) is 0 Å². The van der Waals surface area contributed by atoms with Gasteiger partial charge in [0.1, 0.15) is 11.5 Å². The molecule has 0 aliphatic carbocycles. The lowest BCUT2D eigenvalue weighted by molar-refractivity contribution is 0.0909. The topological polar surface area (TPSA) is 47.6 Å². The molecule has 0 aliphatic rings. The summed E-state index contributed by atoms with van der Waals surface area (Å²) in [5.74, 6) is 0.854. The van der Waals surface area contributed by atoms with E-state index in [0.29, 0.717) is 17.1 Å². The van der Waals surface area contributed by atoms with Crippen molar-refractivity contribution in [3.05, 3.63) is 23.8 Å². The highest BCUT2D eigenvalue weighted by Crippen LogP contribution is 2.25. The number of hydrogen-bond acceptors (Lipinski definition) is 3.